The first-order valence-corrected chi connectivity index (χ1v) is 10.4. The Bertz CT molecular complexity index is 429. The molecule has 0 atom stereocenters. The van der Waals surface area contributed by atoms with Gasteiger partial charge >= 0.3 is 5.97 Å². The van der Waals surface area contributed by atoms with Crippen molar-refractivity contribution in [2.75, 3.05) is 6.61 Å². The molecule has 0 aliphatic carbocycles. The van der Waals surface area contributed by atoms with Crippen LogP contribution in [0, 0.1) is 5.82 Å². The maximum absolute atomic E-state index is 13.6. The third-order valence-corrected chi connectivity index (χ3v) is 4.80. The Kier molecular flexibility index (Phi) is 5.53. The maximum Gasteiger partial charge on any atom is 0.310 e. The minimum Gasteiger partial charge on any atom is -0.466 e. The summed E-state index contributed by atoms with van der Waals surface area (Å²) < 4.78 is 19.1. The molecule has 0 aliphatic heterocycles. The largest absolute Gasteiger partial charge is 0.466 e. The zero-order chi connectivity index (χ0) is 13.8. The molecule has 100 valence electrons. The van der Waals surface area contributed by atoms with Gasteiger partial charge < -0.3 is 4.74 Å². The van der Waals surface area contributed by atoms with Gasteiger partial charge in [0, 0.05) is 13.6 Å². The van der Waals surface area contributed by atoms with E-state index in [-0.39, 0.29) is 18.2 Å². The van der Waals surface area contributed by atoms with E-state index in [1.54, 1.807) is 18.2 Å². The fourth-order valence-corrected chi connectivity index (χ4v) is 2.48. The highest BCUT2D eigenvalue weighted by Gasteiger charge is 2.15. The predicted molar refractivity (Wildman–Crippen MR) is 76.9 cm³/mol. The van der Waals surface area contributed by atoms with Gasteiger partial charge in [0.05, 0.1) is 17.5 Å². The lowest BCUT2D eigenvalue weighted by atomic mass is 10.1. The van der Waals surface area contributed by atoms with Gasteiger partial charge in [-0.15, -0.1) is 0 Å². The van der Waals surface area contributed by atoms with Gasteiger partial charge in [0.1, 0.15) is 5.82 Å². The van der Waals surface area contributed by atoms with Crippen LogP contribution in [0.5, 0.6) is 0 Å². The Morgan fingerprint density at radius 3 is 2.67 bits per heavy atom. The SMILES string of the molecule is C[Si](C)(C)CCOC(=O)Cc1cccc(Br)c1F. The van der Waals surface area contributed by atoms with Crippen molar-refractivity contribution < 1.29 is 13.9 Å². The van der Waals surface area contributed by atoms with Crippen molar-refractivity contribution in [1.82, 2.24) is 0 Å². The number of hydrogen-bond acceptors (Lipinski definition) is 2. The number of benzene rings is 1. The van der Waals surface area contributed by atoms with Crippen LogP contribution < -0.4 is 0 Å². The average molecular weight is 333 g/mol. The van der Waals surface area contributed by atoms with E-state index in [1.807, 2.05) is 0 Å². The molecule has 5 heteroatoms. The van der Waals surface area contributed by atoms with E-state index in [2.05, 4.69) is 35.6 Å². The van der Waals surface area contributed by atoms with Gasteiger partial charge in [0.2, 0.25) is 0 Å². The number of hydrogen-bond donors (Lipinski definition) is 0. The lowest BCUT2D eigenvalue weighted by Crippen LogP contribution is -2.23. The summed E-state index contributed by atoms with van der Waals surface area (Å²) in [6.07, 6.45) is -0.0169. The number of ether oxygens (including phenoxy) is 1. The van der Waals surface area contributed by atoms with E-state index in [0.29, 0.717) is 16.6 Å². The molecule has 0 radical (unpaired) electrons. The molecule has 1 rings (SSSR count). The summed E-state index contributed by atoms with van der Waals surface area (Å²) in [5.41, 5.74) is 0.363. The number of halogens is 2. The summed E-state index contributed by atoms with van der Waals surface area (Å²) in [6, 6.07) is 5.84. The maximum atomic E-state index is 13.6. The number of carbonyl (C=O) groups is 1. The van der Waals surface area contributed by atoms with E-state index in [4.69, 9.17) is 4.74 Å². The predicted octanol–water partition coefficient (Wildman–Crippen LogP) is 4.01. The van der Waals surface area contributed by atoms with Crippen LogP contribution in [0.2, 0.25) is 25.7 Å². The molecule has 0 saturated carbocycles. The molecular weight excluding hydrogens is 315 g/mol. The highest BCUT2D eigenvalue weighted by Crippen LogP contribution is 2.19. The number of rotatable bonds is 5. The second kappa shape index (κ2) is 6.47. The molecule has 0 unspecified atom stereocenters. The zero-order valence-corrected chi connectivity index (χ0v) is 13.5. The summed E-state index contributed by atoms with van der Waals surface area (Å²) in [6.45, 7) is 7.09. The Morgan fingerprint density at radius 2 is 2.06 bits per heavy atom. The van der Waals surface area contributed by atoms with Crippen LogP contribution in [-0.4, -0.2) is 20.7 Å². The van der Waals surface area contributed by atoms with E-state index in [0.717, 1.165) is 6.04 Å². The Labute approximate surface area is 117 Å². The van der Waals surface area contributed by atoms with Crippen molar-refractivity contribution in [3.05, 3.63) is 34.1 Å². The van der Waals surface area contributed by atoms with E-state index in [1.165, 1.54) is 0 Å². The molecule has 0 bridgehead atoms. The molecule has 0 aromatic heterocycles. The van der Waals surface area contributed by atoms with Crippen LogP contribution in [0.4, 0.5) is 4.39 Å². The van der Waals surface area contributed by atoms with Crippen LogP contribution in [0.3, 0.4) is 0 Å². The fourth-order valence-electron chi connectivity index (χ4n) is 1.36. The molecule has 0 heterocycles. The molecule has 2 nitrogen and oxygen atoms in total. The van der Waals surface area contributed by atoms with Crippen molar-refractivity contribution in [3.63, 3.8) is 0 Å². The summed E-state index contributed by atoms with van der Waals surface area (Å²) in [4.78, 5) is 11.6. The average Bonchev–Trinajstić information content (AvgIpc) is 2.23. The molecule has 0 amide bonds. The Hall–Kier alpha value is -0.683. The molecule has 18 heavy (non-hydrogen) atoms. The quantitative estimate of drug-likeness (QED) is 0.601. The van der Waals surface area contributed by atoms with Crippen LogP contribution in [0.1, 0.15) is 5.56 Å². The summed E-state index contributed by atoms with van der Waals surface area (Å²) in [5, 5.41) is 0. The second-order valence-corrected chi connectivity index (χ2v) is 11.9. The molecular formula is C13H18BrFO2Si. The second-order valence-electron chi connectivity index (χ2n) is 5.42. The van der Waals surface area contributed by atoms with Crippen molar-refractivity contribution in [2.24, 2.45) is 0 Å². The van der Waals surface area contributed by atoms with E-state index in [9.17, 15) is 9.18 Å². The minimum atomic E-state index is -1.19. The normalized spacial score (nSPS) is 11.4. The highest BCUT2D eigenvalue weighted by molar-refractivity contribution is 9.10. The topological polar surface area (TPSA) is 26.3 Å². The van der Waals surface area contributed by atoms with E-state index >= 15 is 0 Å². The summed E-state index contributed by atoms with van der Waals surface area (Å²) in [7, 11) is -1.19. The van der Waals surface area contributed by atoms with Crippen molar-refractivity contribution >= 4 is 30.0 Å². The Balaban J connectivity index is 2.48. The van der Waals surface area contributed by atoms with Crippen LogP contribution in [0.25, 0.3) is 0 Å². The first-order valence-electron chi connectivity index (χ1n) is 5.88. The summed E-state index contributed by atoms with van der Waals surface area (Å²) in [5.74, 6) is -0.759. The van der Waals surface area contributed by atoms with E-state index < -0.39 is 8.07 Å². The van der Waals surface area contributed by atoms with Crippen molar-refractivity contribution in [3.8, 4) is 0 Å². The van der Waals surface area contributed by atoms with Gasteiger partial charge in [0.15, 0.2) is 0 Å². The minimum absolute atomic E-state index is 0.0169. The Morgan fingerprint density at radius 1 is 1.39 bits per heavy atom. The monoisotopic (exact) mass is 332 g/mol. The van der Waals surface area contributed by atoms with Crippen LogP contribution >= 0.6 is 15.9 Å². The number of carbonyl (C=O) groups excluding carboxylic acids is 1. The fraction of sp³-hybridized carbons (Fsp3) is 0.462. The smallest absolute Gasteiger partial charge is 0.310 e. The summed E-state index contributed by atoms with van der Waals surface area (Å²) >= 11 is 3.09. The molecule has 0 saturated heterocycles. The first-order chi connectivity index (χ1) is 8.29. The van der Waals surface area contributed by atoms with Crippen molar-refractivity contribution in [2.45, 2.75) is 32.1 Å². The molecule has 0 aliphatic rings. The van der Waals surface area contributed by atoms with Crippen LogP contribution in [0.15, 0.2) is 22.7 Å². The molecule has 0 fully saturated rings. The van der Waals surface area contributed by atoms with Gasteiger partial charge in [-0.1, -0.05) is 31.8 Å². The van der Waals surface area contributed by atoms with Crippen LogP contribution in [-0.2, 0) is 16.0 Å². The lowest BCUT2D eigenvalue weighted by Gasteiger charge is -2.15. The standard InChI is InChI=1S/C13H18BrFO2Si/c1-18(2,3)8-7-17-12(16)9-10-5-4-6-11(14)13(10)15/h4-6H,7-9H2,1-3H3. The zero-order valence-electron chi connectivity index (χ0n) is 10.9. The van der Waals surface area contributed by atoms with Gasteiger partial charge in [-0.2, -0.15) is 0 Å². The van der Waals surface area contributed by atoms with Gasteiger partial charge in [-0.25, -0.2) is 4.39 Å². The van der Waals surface area contributed by atoms with Gasteiger partial charge in [-0.3, -0.25) is 4.79 Å². The number of esters is 1. The lowest BCUT2D eigenvalue weighted by molar-refractivity contribution is -0.142. The third kappa shape index (κ3) is 5.31. The van der Waals surface area contributed by atoms with Gasteiger partial charge in [-0.05, 0) is 28.0 Å². The molecule has 0 spiro atoms. The van der Waals surface area contributed by atoms with Gasteiger partial charge in [0.25, 0.3) is 0 Å². The first kappa shape index (κ1) is 15.4. The molecule has 1 aromatic carbocycles. The third-order valence-electron chi connectivity index (χ3n) is 2.48. The molecule has 1 aromatic rings. The highest BCUT2D eigenvalue weighted by atomic mass is 79.9. The van der Waals surface area contributed by atoms with Crippen molar-refractivity contribution in [1.29, 1.82) is 0 Å². The molecule has 0 N–H and O–H groups in total.